The minimum atomic E-state index is -2.13. The number of hydrogen-bond donors (Lipinski definition) is 0. The molecular weight excluding hydrogens is 759 g/mol. The summed E-state index contributed by atoms with van der Waals surface area (Å²) < 4.78 is 72.6. The number of rotatable bonds is 5. The molecule has 0 spiro atoms. The predicted octanol–water partition coefficient (Wildman–Crippen LogP) is 10.4. The molecule has 7 heteroatoms. The van der Waals surface area contributed by atoms with Crippen LogP contribution in [0, 0.1) is 30.6 Å². The first-order valence-electron chi connectivity index (χ1n) is 16.9. The summed E-state index contributed by atoms with van der Waals surface area (Å²) in [5, 5.41) is 1.97. The van der Waals surface area contributed by atoms with Crippen LogP contribution in [0.1, 0.15) is 63.0 Å². The Bertz CT molecular complexity index is 2150. The summed E-state index contributed by atoms with van der Waals surface area (Å²) in [6, 6.07) is 21.5. The third kappa shape index (κ3) is 7.49. The zero-order valence-electron chi connectivity index (χ0n) is 31.3. The standard InChI is InChI=1S/C20H14F2NO.C18H24NSi.Ir/c1-11(2)12-7-8-23-17(9-12)14-5-6-16(22)19-15-4-3-13(21)10-18(15)24-20(14)19;1-13(2)16-11-17(15-9-7-14(3)8-10-15)19-12-18(16)20(4,5)6;/h3-4,6-11H,1-2H3;7-9,11-13H,1-6H3;/q2*-1;/i11D;3D3,13D;. The molecule has 0 aliphatic heterocycles. The van der Waals surface area contributed by atoms with Crippen LogP contribution >= 0.6 is 0 Å². The molecule has 0 unspecified atom stereocenters. The first kappa shape index (κ1) is 27.8. The van der Waals surface area contributed by atoms with Crippen LogP contribution < -0.4 is 5.19 Å². The second-order valence-electron chi connectivity index (χ2n) is 12.2. The summed E-state index contributed by atoms with van der Waals surface area (Å²) in [6.07, 6.45) is 3.49. The molecule has 0 saturated heterocycles. The van der Waals surface area contributed by atoms with E-state index in [1.54, 1.807) is 44.3 Å². The van der Waals surface area contributed by atoms with E-state index in [9.17, 15) is 8.78 Å². The van der Waals surface area contributed by atoms with Crippen molar-refractivity contribution in [2.24, 2.45) is 0 Å². The van der Waals surface area contributed by atoms with Crippen molar-refractivity contribution in [2.75, 3.05) is 0 Å². The van der Waals surface area contributed by atoms with Crippen molar-refractivity contribution in [3.8, 4) is 22.5 Å². The van der Waals surface area contributed by atoms with Gasteiger partial charge in [-0.05, 0) is 51.9 Å². The molecule has 0 aliphatic carbocycles. The van der Waals surface area contributed by atoms with Gasteiger partial charge in [0.05, 0.1) is 13.7 Å². The maximum atomic E-state index is 14.4. The summed E-state index contributed by atoms with van der Waals surface area (Å²) in [4.78, 5) is 8.88. The van der Waals surface area contributed by atoms with Gasteiger partial charge in [-0.1, -0.05) is 83.0 Å². The zero-order valence-corrected chi connectivity index (χ0v) is 29.7. The maximum absolute atomic E-state index is 14.4. The fraction of sp³-hybridized carbons (Fsp3) is 0.263. The van der Waals surface area contributed by atoms with Gasteiger partial charge in [-0.15, -0.1) is 47.5 Å². The third-order valence-corrected chi connectivity index (χ3v) is 9.41. The van der Waals surface area contributed by atoms with Crippen LogP contribution in [0.4, 0.5) is 8.78 Å². The van der Waals surface area contributed by atoms with E-state index < -0.39 is 38.3 Å². The van der Waals surface area contributed by atoms with Gasteiger partial charge < -0.3 is 14.4 Å². The molecule has 0 atom stereocenters. The molecule has 45 heavy (non-hydrogen) atoms. The average Bonchev–Trinajstić information content (AvgIpc) is 3.39. The maximum Gasteiger partial charge on any atom is 0.126 e. The Morgan fingerprint density at radius 2 is 1.67 bits per heavy atom. The Hall–Kier alpha value is -3.51. The molecule has 1 radical (unpaired) electrons. The van der Waals surface area contributed by atoms with Gasteiger partial charge in [0.25, 0.3) is 0 Å². The van der Waals surface area contributed by atoms with E-state index in [2.05, 4.69) is 41.7 Å². The van der Waals surface area contributed by atoms with E-state index in [1.165, 1.54) is 35.5 Å². The van der Waals surface area contributed by atoms with Gasteiger partial charge in [-0.25, -0.2) is 4.39 Å². The van der Waals surface area contributed by atoms with E-state index in [4.69, 9.17) is 11.3 Å². The Balaban J connectivity index is 0.000000221. The fourth-order valence-corrected chi connectivity index (χ4v) is 6.61. The van der Waals surface area contributed by atoms with Crippen molar-refractivity contribution in [2.45, 2.75) is 66.0 Å². The number of halogens is 2. The summed E-state index contributed by atoms with van der Waals surface area (Å²) in [5.74, 6) is -2.45. The Morgan fingerprint density at radius 3 is 2.31 bits per heavy atom. The first-order chi connectivity index (χ1) is 22.6. The predicted molar refractivity (Wildman–Crippen MR) is 180 cm³/mol. The summed E-state index contributed by atoms with van der Waals surface area (Å²) >= 11 is 0. The molecule has 3 aromatic carbocycles. The molecule has 0 saturated carbocycles. The van der Waals surface area contributed by atoms with Crippen LogP contribution in [-0.4, -0.2) is 18.0 Å². The molecule has 3 nitrogen and oxygen atoms in total. The number of pyridine rings is 2. The molecule has 6 aromatic rings. The fourth-order valence-electron chi connectivity index (χ4n) is 5.02. The quantitative estimate of drug-likeness (QED) is 0.129. The van der Waals surface area contributed by atoms with Crippen LogP contribution in [0.2, 0.25) is 19.6 Å². The largest absolute Gasteiger partial charge is 0.500 e. The summed E-state index contributed by atoms with van der Waals surface area (Å²) in [5.41, 5.74) is 5.05. The normalized spacial score (nSPS) is 13.9. The Morgan fingerprint density at radius 1 is 0.889 bits per heavy atom. The van der Waals surface area contributed by atoms with Crippen LogP contribution in [0.3, 0.4) is 0 Å². The second-order valence-corrected chi connectivity index (χ2v) is 17.3. The van der Waals surface area contributed by atoms with Crippen molar-refractivity contribution >= 4 is 35.2 Å². The van der Waals surface area contributed by atoms with Crippen molar-refractivity contribution in [1.29, 1.82) is 0 Å². The average molecular weight is 802 g/mol. The zero-order chi connectivity index (χ0) is 36.1. The molecule has 0 aliphatic rings. The topological polar surface area (TPSA) is 38.9 Å². The van der Waals surface area contributed by atoms with E-state index in [0.29, 0.717) is 16.6 Å². The van der Waals surface area contributed by atoms with Crippen molar-refractivity contribution in [1.82, 2.24) is 9.97 Å². The summed E-state index contributed by atoms with van der Waals surface area (Å²) in [7, 11) is -1.61. The number of aromatic nitrogens is 2. The molecule has 0 bridgehead atoms. The van der Waals surface area contributed by atoms with Crippen molar-refractivity contribution in [3.05, 3.63) is 114 Å². The molecule has 3 heterocycles. The van der Waals surface area contributed by atoms with Crippen LogP contribution in [0.25, 0.3) is 44.5 Å². The van der Waals surface area contributed by atoms with Crippen molar-refractivity contribution < 1.29 is 40.2 Å². The van der Waals surface area contributed by atoms with Gasteiger partial charge in [0.1, 0.15) is 11.4 Å². The second kappa shape index (κ2) is 13.9. The van der Waals surface area contributed by atoms with E-state index in [-0.39, 0.29) is 42.2 Å². The molecule has 235 valence electrons. The molecule has 6 rings (SSSR count). The van der Waals surface area contributed by atoms with Crippen molar-refractivity contribution in [3.63, 3.8) is 0 Å². The minimum absolute atomic E-state index is 0. The molecule has 0 amide bonds. The number of nitrogens with zero attached hydrogens (tertiary/aromatic N) is 2. The molecule has 0 N–H and O–H groups in total. The van der Waals surface area contributed by atoms with E-state index in [1.807, 2.05) is 26.1 Å². The Kier molecular flexibility index (Phi) is 8.55. The smallest absolute Gasteiger partial charge is 0.126 e. The van der Waals surface area contributed by atoms with E-state index in [0.717, 1.165) is 22.4 Å². The van der Waals surface area contributed by atoms with Gasteiger partial charge in [0.2, 0.25) is 0 Å². The molecular formula is C38H38F2IrN2OSi-2. The number of furan rings is 1. The van der Waals surface area contributed by atoms with E-state index >= 15 is 0 Å². The van der Waals surface area contributed by atoms with Gasteiger partial charge in [-0.2, -0.15) is 0 Å². The van der Waals surface area contributed by atoms with Crippen LogP contribution in [-0.2, 0) is 20.1 Å². The van der Waals surface area contributed by atoms with Gasteiger partial charge in [0, 0.05) is 56.6 Å². The number of aryl methyl sites for hydroxylation is 1. The molecule has 3 aromatic heterocycles. The third-order valence-electron chi connectivity index (χ3n) is 7.39. The summed E-state index contributed by atoms with van der Waals surface area (Å²) in [6.45, 7) is 11.9. The van der Waals surface area contributed by atoms with Gasteiger partial charge in [0.15, 0.2) is 0 Å². The number of benzene rings is 3. The molecule has 0 fully saturated rings. The first-order valence-corrected chi connectivity index (χ1v) is 17.9. The number of hydrogen-bond acceptors (Lipinski definition) is 3. The minimum Gasteiger partial charge on any atom is -0.500 e. The van der Waals surface area contributed by atoms with Crippen LogP contribution in [0.5, 0.6) is 0 Å². The van der Waals surface area contributed by atoms with Crippen LogP contribution in [0.15, 0.2) is 77.5 Å². The SMILES string of the molecule is [2H]C(C)(C)c1ccnc(-c2[c-]cc(F)c3c2oc2cc(F)ccc23)c1.[2H]C([2H])([2H])c1c[c-]c(-c2cc(C([2H])(C)C)c([Si](C)(C)C)cn2)cc1.[Ir]. The monoisotopic (exact) mass is 802 g/mol. The Labute approximate surface area is 286 Å². The van der Waals surface area contributed by atoms with Gasteiger partial charge in [-0.3, -0.25) is 4.39 Å². The number of fused-ring (bicyclic) bond motifs is 3. The van der Waals surface area contributed by atoms with Gasteiger partial charge >= 0.3 is 0 Å².